The molecule has 0 saturated heterocycles. The number of carboxylic acid groups (broad SMARTS) is 1. The maximum absolute atomic E-state index is 11.5. The minimum Gasteiger partial charge on any atom is -0.480 e. The second kappa shape index (κ2) is 5.76. The van der Waals surface area contributed by atoms with Gasteiger partial charge < -0.3 is 15.5 Å². The number of rotatable bonds is 5. The van der Waals surface area contributed by atoms with Gasteiger partial charge in [0, 0.05) is 13.0 Å². The monoisotopic (exact) mass is 225 g/mol. The number of carbonyl (C=O) groups excluding carboxylic acids is 1. The van der Waals surface area contributed by atoms with Crippen molar-refractivity contribution >= 4 is 11.9 Å². The Morgan fingerprint density at radius 1 is 1.44 bits per heavy atom. The van der Waals surface area contributed by atoms with Crippen LogP contribution in [0.4, 0.5) is 0 Å². The van der Waals surface area contributed by atoms with E-state index in [4.69, 9.17) is 10.2 Å². The van der Waals surface area contributed by atoms with Crippen molar-refractivity contribution in [3.05, 3.63) is 24.0 Å². The standard InChI is InChI=1S/C9H11N3O4/c13-4-2-7(9(15)16)12-8(14)6-1-3-10-11-5-6/h1,3,5,7,13H,2,4H2,(H,12,14)(H,15,16)/t7-/m0/s1. The van der Waals surface area contributed by atoms with Gasteiger partial charge in [0.1, 0.15) is 6.04 Å². The SMILES string of the molecule is O=C(N[C@@H](CCO)C(=O)O)c1ccnnc1. The van der Waals surface area contributed by atoms with Crippen LogP contribution >= 0.6 is 0 Å². The molecule has 0 aliphatic rings. The zero-order valence-corrected chi connectivity index (χ0v) is 8.33. The molecule has 1 atom stereocenters. The Balaban J connectivity index is 2.65. The third-order valence-corrected chi connectivity index (χ3v) is 1.87. The molecule has 0 spiro atoms. The summed E-state index contributed by atoms with van der Waals surface area (Å²) >= 11 is 0. The van der Waals surface area contributed by atoms with Crippen LogP contribution in [0, 0.1) is 0 Å². The zero-order valence-electron chi connectivity index (χ0n) is 8.33. The molecular formula is C9H11N3O4. The molecule has 0 fully saturated rings. The van der Waals surface area contributed by atoms with Gasteiger partial charge in [-0.05, 0) is 6.07 Å². The Kier molecular flexibility index (Phi) is 4.34. The molecule has 16 heavy (non-hydrogen) atoms. The van der Waals surface area contributed by atoms with Gasteiger partial charge in [0.25, 0.3) is 5.91 Å². The van der Waals surface area contributed by atoms with Crippen molar-refractivity contribution in [1.82, 2.24) is 15.5 Å². The second-order valence-electron chi connectivity index (χ2n) is 3.01. The molecular weight excluding hydrogens is 214 g/mol. The summed E-state index contributed by atoms with van der Waals surface area (Å²) in [6.07, 6.45) is 2.52. The number of aromatic nitrogens is 2. The highest BCUT2D eigenvalue weighted by Gasteiger charge is 2.19. The van der Waals surface area contributed by atoms with E-state index in [1.807, 2.05) is 0 Å². The fraction of sp³-hybridized carbons (Fsp3) is 0.333. The van der Waals surface area contributed by atoms with E-state index in [0.717, 1.165) is 0 Å². The zero-order chi connectivity index (χ0) is 12.0. The van der Waals surface area contributed by atoms with Crippen molar-refractivity contribution in [1.29, 1.82) is 0 Å². The lowest BCUT2D eigenvalue weighted by Crippen LogP contribution is -2.41. The van der Waals surface area contributed by atoms with Crippen LogP contribution in [-0.4, -0.2) is 44.9 Å². The van der Waals surface area contributed by atoms with Gasteiger partial charge in [-0.15, -0.1) is 0 Å². The van der Waals surface area contributed by atoms with Crippen molar-refractivity contribution < 1.29 is 19.8 Å². The first-order chi connectivity index (χ1) is 7.65. The largest absolute Gasteiger partial charge is 0.480 e. The average molecular weight is 225 g/mol. The number of nitrogens with one attached hydrogen (secondary N) is 1. The maximum Gasteiger partial charge on any atom is 0.326 e. The van der Waals surface area contributed by atoms with Crippen LogP contribution in [0.1, 0.15) is 16.8 Å². The molecule has 0 aromatic carbocycles. The summed E-state index contributed by atoms with van der Waals surface area (Å²) in [5.74, 6) is -1.75. The van der Waals surface area contributed by atoms with Gasteiger partial charge in [0.15, 0.2) is 0 Å². The molecule has 0 saturated carbocycles. The van der Waals surface area contributed by atoms with E-state index < -0.39 is 17.9 Å². The van der Waals surface area contributed by atoms with Crippen molar-refractivity contribution in [2.45, 2.75) is 12.5 Å². The summed E-state index contributed by atoms with van der Waals surface area (Å²) < 4.78 is 0. The predicted molar refractivity (Wildman–Crippen MR) is 52.6 cm³/mol. The minimum absolute atomic E-state index is 0.0421. The van der Waals surface area contributed by atoms with Crippen LogP contribution in [0.3, 0.4) is 0 Å². The van der Waals surface area contributed by atoms with Gasteiger partial charge in [0.2, 0.25) is 0 Å². The first-order valence-corrected chi connectivity index (χ1v) is 4.56. The van der Waals surface area contributed by atoms with E-state index in [1.165, 1.54) is 18.5 Å². The quantitative estimate of drug-likeness (QED) is 0.595. The highest BCUT2D eigenvalue weighted by atomic mass is 16.4. The van der Waals surface area contributed by atoms with Gasteiger partial charge in [0.05, 0.1) is 18.0 Å². The Morgan fingerprint density at radius 3 is 2.69 bits per heavy atom. The molecule has 0 aliphatic heterocycles. The summed E-state index contributed by atoms with van der Waals surface area (Å²) in [5.41, 5.74) is 0.221. The van der Waals surface area contributed by atoms with E-state index in [-0.39, 0.29) is 18.6 Å². The summed E-state index contributed by atoms with van der Waals surface area (Å²) in [6, 6.07) is 0.311. The second-order valence-corrected chi connectivity index (χ2v) is 3.01. The van der Waals surface area contributed by atoms with E-state index in [2.05, 4.69) is 15.5 Å². The summed E-state index contributed by atoms with van der Waals surface area (Å²) in [5, 5.41) is 26.6. The minimum atomic E-state index is -1.19. The molecule has 1 rings (SSSR count). The first-order valence-electron chi connectivity index (χ1n) is 4.56. The lowest BCUT2D eigenvalue weighted by Gasteiger charge is -2.12. The summed E-state index contributed by atoms with van der Waals surface area (Å²) in [7, 11) is 0. The van der Waals surface area contributed by atoms with Crippen LogP contribution in [0.25, 0.3) is 0 Å². The Morgan fingerprint density at radius 2 is 2.19 bits per heavy atom. The number of hydrogen-bond donors (Lipinski definition) is 3. The van der Waals surface area contributed by atoms with Crippen LogP contribution in [0.15, 0.2) is 18.5 Å². The Hall–Kier alpha value is -2.02. The number of amides is 1. The molecule has 1 aromatic heterocycles. The molecule has 7 heteroatoms. The molecule has 3 N–H and O–H groups in total. The van der Waals surface area contributed by atoms with Crippen LogP contribution < -0.4 is 5.32 Å². The van der Waals surface area contributed by atoms with Gasteiger partial charge in [-0.3, -0.25) is 4.79 Å². The van der Waals surface area contributed by atoms with Crippen LogP contribution in [0.2, 0.25) is 0 Å². The Labute approximate surface area is 91.1 Å². The number of nitrogens with zero attached hydrogens (tertiary/aromatic N) is 2. The van der Waals surface area contributed by atoms with Gasteiger partial charge in [-0.25, -0.2) is 4.79 Å². The lowest BCUT2D eigenvalue weighted by atomic mass is 10.2. The number of carboxylic acids is 1. The third kappa shape index (κ3) is 3.28. The molecule has 0 radical (unpaired) electrons. The first kappa shape index (κ1) is 12.1. The van der Waals surface area contributed by atoms with Crippen molar-refractivity contribution in [3.8, 4) is 0 Å². The van der Waals surface area contributed by atoms with Gasteiger partial charge in [-0.1, -0.05) is 0 Å². The molecule has 1 heterocycles. The number of aliphatic carboxylic acids is 1. The highest BCUT2D eigenvalue weighted by Crippen LogP contribution is 1.97. The van der Waals surface area contributed by atoms with Gasteiger partial charge >= 0.3 is 5.97 Å². The van der Waals surface area contributed by atoms with Crippen LogP contribution in [-0.2, 0) is 4.79 Å². The number of aliphatic hydroxyl groups is 1. The Bertz CT molecular complexity index is 368. The molecule has 0 unspecified atom stereocenters. The van der Waals surface area contributed by atoms with Crippen molar-refractivity contribution in [3.63, 3.8) is 0 Å². The average Bonchev–Trinajstić information content (AvgIpc) is 2.29. The van der Waals surface area contributed by atoms with Crippen LogP contribution in [0.5, 0.6) is 0 Å². The van der Waals surface area contributed by atoms with Crippen molar-refractivity contribution in [2.75, 3.05) is 6.61 Å². The van der Waals surface area contributed by atoms with E-state index in [1.54, 1.807) is 0 Å². The molecule has 1 aromatic rings. The number of carbonyl (C=O) groups is 2. The lowest BCUT2D eigenvalue weighted by molar-refractivity contribution is -0.139. The highest BCUT2D eigenvalue weighted by molar-refractivity contribution is 5.96. The molecule has 0 aliphatic carbocycles. The molecule has 0 bridgehead atoms. The smallest absolute Gasteiger partial charge is 0.326 e. The third-order valence-electron chi connectivity index (χ3n) is 1.87. The van der Waals surface area contributed by atoms with E-state index in [0.29, 0.717) is 0 Å². The molecule has 1 amide bonds. The van der Waals surface area contributed by atoms with Gasteiger partial charge in [-0.2, -0.15) is 10.2 Å². The van der Waals surface area contributed by atoms with E-state index in [9.17, 15) is 9.59 Å². The predicted octanol–water partition coefficient (Wildman–Crippen LogP) is -0.958. The fourth-order valence-corrected chi connectivity index (χ4v) is 1.05. The number of hydrogen-bond acceptors (Lipinski definition) is 5. The molecule has 86 valence electrons. The fourth-order valence-electron chi connectivity index (χ4n) is 1.05. The number of aliphatic hydroxyl groups excluding tert-OH is 1. The molecule has 7 nitrogen and oxygen atoms in total. The summed E-state index contributed by atoms with van der Waals surface area (Å²) in [6.45, 7) is -0.314. The maximum atomic E-state index is 11.5. The normalized spacial score (nSPS) is 11.8. The van der Waals surface area contributed by atoms with E-state index >= 15 is 0 Å². The summed E-state index contributed by atoms with van der Waals surface area (Å²) in [4.78, 5) is 22.2. The van der Waals surface area contributed by atoms with Crippen molar-refractivity contribution in [2.24, 2.45) is 0 Å². The topological polar surface area (TPSA) is 112 Å².